The van der Waals surface area contributed by atoms with E-state index in [2.05, 4.69) is 20.8 Å². The van der Waals surface area contributed by atoms with Gasteiger partial charge in [0.05, 0.1) is 22.6 Å². The maximum atomic E-state index is 12.3. The number of para-hydroxylation sites is 1. The molecule has 0 aliphatic heterocycles. The van der Waals surface area contributed by atoms with Crippen LogP contribution in [-0.2, 0) is 0 Å². The Morgan fingerprint density at radius 3 is 2.18 bits per heavy atom. The van der Waals surface area contributed by atoms with E-state index in [1.165, 1.54) is 0 Å². The molecule has 0 aliphatic rings. The molecule has 3 aromatic carbocycles. The molecular weight excluding hydrogens is 408 g/mol. The topological polar surface area (TPSA) is 62.0 Å². The molecule has 0 aliphatic carbocycles. The smallest absolute Gasteiger partial charge is 0.336 e. The first-order valence-electron chi connectivity index (χ1n) is 11.6. The van der Waals surface area contributed by atoms with Crippen LogP contribution in [0.1, 0.15) is 67.1 Å². The number of carboxylic acid groups (broad SMARTS) is 1. The number of aliphatic imine (C=N–C) groups is 2. The van der Waals surface area contributed by atoms with Gasteiger partial charge in [0.1, 0.15) is 0 Å². The van der Waals surface area contributed by atoms with Crippen LogP contribution in [0.3, 0.4) is 0 Å². The number of nitrogens with zero attached hydrogens (tertiary/aromatic N) is 2. The van der Waals surface area contributed by atoms with Gasteiger partial charge in [0.2, 0.25) is 0 Å². The van der Waals surface area contributed by atoms with Gasteiger partial charge in [-0.2, -0.15) is 0 Å². The van der Waals surface area contributed by atoms with E-state index in [-0.39, 0.29) is 11.5 Å². The summed E-state index contributed by atoms with van der Waals surface area (Å²) in [4.78, 5) is 22.3. The van der Waals surface area contributed by atoms with Gasteiger partial charge in [0, 0.05) is 16.8 Å². The fourth-order valence-electron chi connectivity index (χ4n) is 3.84. The van der Waals surface area contributed by atoms with Crippen LogP contribution in [0.2, 0.25) is 0 Å². The number of hydrogen-bond donors (Lipinski definition) is 1. The molecule has 0 bridgehead atoms. The van der Waals surface area contributed by atoms with E-state index < -0.39 is 5.97 Å². The van der Waals surface area contributed by atoms with E-state index in [0.29, 0.717) is 5.56 Å². The second-order valence-electron chi connectivity index (χ2n) is 8.32. The van der Waals surface area contributed by atoms with Crippen molar-refractivity contribution in [2.45, 2.75) is 47.0 Å². The minimum atomic E-state index is -0.956. The molecular formula is C29H32N2O2. The molecule has 3 rings (SSSR count). The van der Waals surface area contributed by atoms with Gasteiger partial charge in [-0.05, 0) is 61.6 Å². The molecule has 0 radical (unpaired) electrons. The Labute approximate surface area is 196 Å². The summed E-state index contributed by atoms with van der Waals surface area (Å²) in [5.74, 6) is -0.881. The largest absolute Gasteiger partial charge is 0.478 e. The van der Waals surface area contributed by atoms with Gasteiger partial charge in [-0.3, -0.25) is 9.98 Å². The summed E-state index contributed by atoms with van der Waals surface area (Å²) in [7, 11) is 0. The summed E-state index contributed by atoms with van der Waals surface area (Å²) in [5.41, 5.74) is 6.25. The van der Waals surface area contributed by atoms with Crippen LogP contribution in [-0.4, -0.2) is 22.5 Å². The van der Waals surface area contributed by atoms with E-state index in [1.54, 1.807) is 12.1 Å². The molecule has 1 N–H and O–H groups in total. The Morgan fingerprint density at radius 2 is 1.55 bits per heavy atom. The second-order valence-corrected chi connectivity index (χ2v) is 8.32. The van der Waals surface area contributed by atoms with Crippen LogP contribution in [0.5, 0.6) is 0 Å². The fraction of sp³-hybridized carbons (Fsp3) is 0.276. The number of benzene rings is 3. The van der Waals surface area contributed by atoms with E-state index in [4.69, 9.17) is 9.98 Å². The molecule has 1 unspecified atom stereocenters. The zero-order valence-electron chi connectivity index (χ0n) is 19.9. The Kier molecular flexibility index (Phi) is 8.31. The Balaban J connectivity index is 2.31. The molecule has 0 amide bonds. The molecule has 0 saturated carbocycles. The molecule has 4 heteroatoms. The first kappa shape index (κ1) is 24.1. The number of carboxylic acids is 1. The molecule has 0 spiro atoms. The number of hydrogen-bond acceptors (Lipinski definition) is 3. The van der Waals surface area contributed by atoms with Crippen molar-refractivity contribution in [3.63, 3.8) is 0 Å². The highest BCUT2D eigenvalue weighted by atomic mass is 16.4. The maximum Gasteiger partial charge on any atom is 0.336 e. The van der Waals surface area contributed by atoms with Crippen molar-refractivity contribution in [1.82, 2.24) is 0 Å². The highest BCUT2D eigenvalue weighted by Crippen LogP contribution is 2.28. The summed E-state index contributed by atoms with van der Waals surface area (Å²) < 4.78 is 0. The summed E-state index contributed by atoms with van der Waals surface area (Å²) in [6.45, 7) is 8.35. The molecule has 0 heterocycles. The van der Waals surface area contributed by atoms with Crippen molar-refractivity contribution >= 4 is 28.8 Å². The second kappa shape index (κ2) is 11.4. The molecule has 1 atom stereocenters. The average Bonchev–Trinajstić information content (AvgIpc) is 2.82. The summed E-state index contributed by atoms with van der Waals surface area (Å²) in [6, 6.07) is 23.2. The third-order valence-corrected chi connectivity index (χ3v) is 5.70. The lowest BCUT2D eigenvalue weighted by Crippen LogP contribution is -2.21. The van der Waals surface area contributed by atoms with Gasteiger partial charge >= 0.3 is 5.97 Å². The van der Waals surface area contributed by atoms with E-state index in [0.717, 1.165) is 53.2 Å². The Hall–Kier alpha value is -3.53. The number of rotatable bonds is 9. The minimum Gasteiger partial charge on any atom is -0.478 e. The van der Waals surface area contributed by atoms with E-state index in [1.807, 2.05) is 67.6 Å². The van der Waals surface area contributed by atoms with Gasteiger partial charge in [-0.15, -0.1) is 0 Å². The monoisotopic (exact) mass is 440 g/mol. The zero-order chi connectivity index (χ0) is 23.8. The average molecular weight is 441 g/mol. The van der Waals surface area contributed by atoms with Gasteiger partial charge in [0.15, 0.2) is 0 Å². The SMILES string of the molecule is CCCC(=Nc1cccc(C)c1)c1cccc(C(=O)O)c1C(=Nc1ccccc1)C(C)CC. The van der Waals surface area contributed by atoms with Gasteiger partial charge in [-0.25, -0.2) is 4.79 Å². The highest BCUT2D eigenvalue weighted by Gasteiger charge is 2.24. The fourth-order valence-corrected chi connectivity index (χ4v) is 3.84. The van der Waals surface area contributed by atoms with Crippen LogP contribution >= 0.6 is 0 Å². The molecule has 0 aromatic heterocycles. The predicted molar refractivity (Wildman–Crippen MR) is 138 cm³/mol. The highest BCUT2D eigenvalue weighted by molar-refractivity contribution is 6.18. The summed E-state index contributed by atoms with van der Waals surface area (Å²) >= 11 is 0. The van der Waals surface area contributed by atoms with Crippen LogP contribution < -0.4 is 0 Å². The van der Waals surface area contributed by atoms with Crippen molar-refractivity contribution in [3.8, 4) is 0 Å². The minimum absolute atomic E-state index is 0.0753. The normalized spacial score (nSPS) is 13.1. The first-order chi connectivity index (χ1) is 15.9. The number of carbonyl (C=O) groups is 1. The zero-order valence-corrected chi connectivity index (χ0v) is 19.9. The van der Waals surface area contributed by atoms with Crippen molar-refractivity contribution < 1.29 is 9.90 Å². The molecule has 33 heavy (non-hydrogen) atoms. The van der Waals surface area contributed by atoms with Gasteiger partial charge in [0.25, 0.3) is 0 Å². The lowest BCUT2D eigenvalue weighted by molar-refractivity contribution is 0.0696. The standard InChI is InChI=1S/C29H32N2O2/c1-5-12-26(30-23-16-10-13-20(3)19-23)24-17-11-18-25(29(32)33)27(24)28(21(4)6-2)31-22-14-8-7-9-15-22/h7-11,13-19,21H,5-6,12H2,1-4H3,(H,32,33). The molecule has 170 valence electrons. The Bertz CT molecular complexity index is 1160. The van der Waals surface area contributed by atoms with E-state index in [9.17, 15) is 9.90 Å². The van der Waals surface area contributed by atoms with Crippen LogP contribution in [0.25, 0.3) is 0 Å². The van der Waals surface area contributed by atoms with Crippen molar-refractivity contribution in [3.05, 3.63) is 95.1 Å². The van der Waals surface area contributed by atoms with Crippen molar-refractivity contribution in [2.24, 2.45) is 15.9 Å². The van der Waals surface area contributed by atoms with Crippen molar-refractivity contribution in [2.75, 3.05) is 0 Å². The number of aromatic carboxylic acids is 1. The molecule has 4 nitrogen and oxygen atoms in total. The van der Waals surface area contributed by atoms with Crippen LogP contribution in [0.15, 0.2) is 82.8 Å². The quantitative estimate of drug-likeness (QED) is 0.345. The third kappa shape index (κ3) is 6.04. The summed E-state index contributed by atoms with van der Waals surface area (Å²) in [6.07, 6.45) is 2.48. The van der Waals surface area contributed by atoms with Gasteiger partial charge in [-0.1, -0.05) is 69.7 Å². The van der Waals surface area contributed by atoms with Crippen LogP contribution in [0, 0.1) is 12.8 Å². The van der Waals surface area contributed by atoms with Crippen molar-refractivity contribution in [1.29, 1.82) is 0 Å². The summed E-state index contributed by atoms with van der Waals surface area (Å²) in [5, 5.41) is 10.1. The predicted octanol–water partition coefficient (Wildman–Crippen LogP) is 7.78. The third-order valence-electron chi connectivity index (χ3n) is 5.70. The lowest BCUT2D eigenvalue weighted by Gasteiger charge is -2.20. The van der Waals surface area contributed by atoms with E-state index >= 15 is 0 Å². The first-order valence-corrected chi connectivity index (χ1v) is 11.6. The lowest BCUT2D eigenvalue weighted by atomic mass is 9.86. The molecule has 0 fully saturated rings. The Morgan fingerprint density at radius 1 is 0.879 bits per heavy atom. The maximum absolute atomic E-state index is 12.3. The molecule has 0 saturated heterocycles. The van der Waals surface area contributed by atoms with Crippen LogP contribution in [0.4, 0.5) is 11.4 Å². The van der Waals surface area contributed by atoms with Gasteiger partial charge < -0.3 is 5.11 Å². The number of aryl methyl sites for hydroxylation is 1. The molecule has 3 aromatic rings.